The van der Waals surface area contributed by atoms with Gasteiger partial charge in [-0.05, 0) is 30.7 Å². The SMILES string of the molecule is CCCCC(=O)NCCN1CCN(c2ccnc3cc(Cl)ccc23)CC1. The second kappa shape index (κ2) is 9.19. The molecule has 0 unspecified atom stereocenters. The van der Waals surface area contributed by atoms with E-state index in [-0.39, 0.29) is 5.91 Å². The molecule has 1 fully saturated rings. The fraction of sp³-hybridized carbons (Fsp3) is 0.500. The molecule has 1 aromatic heterocycles. The molecule has 26 heavy (non-hydrogen) atoms. The topological polar surface area (TPSA) is 48.5 Å². The van der Waals surface area contributed by atoms with Crippen LogP contribution >= 0.6 is 11.6 Å². The third-order valence-corrected chi connectivity index (χ3v) is 5.14. The Morgan fingerprint density at radius 1 is 1.23 bits per heavy atom. The Morgan fingerprint density at radius 2 is 2.04 bits per heavy atom. The zero-order chi connectivity index (χ0) is 18.4. The number of rotatable bonds is 7. The van der Waals surface area contributed by atoms with Gasteiger partial charge in [0.25, 0.3) is 0 Å². The first-order valence-electron chi connectivity index (χ1n) is 9.45. The van der Waals surface area contributed by atoms with Crippen LogP contribution in [0.5, 0.6) is 0 Å². The lowest BCUT2D eigenvalue weighted by atomic mass is 10.1. The van der Waals surface area contributed by atoms with Crippen molar-refractivity contribution in [2.45, 2.75) is 26.2 Å². The van der Waals surface area contributed by atoms with Crippen LogP contribution in [0.3, 0.4) is 0 Å². The Bertz CT molecular complexity index is 744. The predicted molar refractivity (Wildman–Crippen MR) is 108 cm³/mol. The lowest BCUT2D eigenvalue weighted by Gasteiger charge is -2.36. The molecule has 0 bridgehead atoms. The molecule has 1 aliphatic rings. The van der Waals surface area contributed by atoms with Crippen LogP contribution in [0.2, 0.25) is 5.02 Å². The number of hydrogen-bond acceptors (Lipinski definition) is 4. The summed E-state index contributed by atoms with van der Waals surface area (Å²) in [5.74, 6) is 0.174. The summed E-state index contributed by atoms with van der Waals surface area (Å²) in [5.41, 5.74) is 2.16. The van der Waals surface area contributed by atoms with Gasteiger partial charge in [0, 0.05) is 68.0 Å². The van der Waals surface area contributed by atoms with Crippen molar-refractivity contribution in [1.29, 1.82) is 0 Å². The number of nitrogens with zero attached hydrogens (tertiary/aromatic N) is 3. The largest absolute Gasteiger partial charge is 0.368 e. The average molecular weight is 375 g/mol. The standard InChI is InChI=1S/C20H27ClN4O/c1-2-3-4-20(26)23-9-10-24-11-13-25(14-12-24)19-7-8-22-18-15-16(21)5-6-17(18)19/h5-8,15H,2-4,9-14H2,1H3,(H,23,26). The maximum absolute atomic E-state index is 11.7. The summed E-state index contributed by atoms with van der Waals surface area (Å²) in [6, 6.07) is 7.97. The number of benzene rings is 1. The monoisotopic (exact) mass is 374 g/mol. The molecule has 1 saturated heterocycles. The first-order chi connectivity index (χ1) is 12.7. The van der Waals surface area contributed by atoms with E-state index >= 15 is 0 Å². The van der Waals surface area contributed by atoms with E-state index in [2.05, 4.69) is 39.2 Å². The van der Waals surface area contributed by atoms with Crippen molar-refractivity contribution < 1.29 is 4.79 Å². The van der Waals surface area contributed by atoms with Crippen molar-refractivity contribution in [2.24, 2.45) is 0 Å². The number of hydrogen-bond donors (Lipinski definition) is 1. The van der Waals surface area contributed by atoms with Crippen LogP contribution < -0.4 is 10.2 Å². The van der Waals surface area contributed by atoms with Crippen molar-refractivity contribution in [3.05, 3.63) is 35.5 Å². The second-order valence-electron chi connectivity index (χ2n) is 6.77. The molecule has 2 aromatic rings. The van der Waals surface area contributed by atoms with E-state index < -0.39 is 0 Å². The van der Waals surface area contributed by atoms with E-state index in [1.54, 1.807) is 0 Å². The Morgan fingerprint density at radius 3 is 2.81 bits per heavy atom. The van der Waals surface area contributed by atoms with E-state index in [4.69, 9.17) is 11.6 Å². The summed E-state index contributed by atoms with van der Waals surface area (Å²) in [7, 11) is 0. The minimum Gasteiger partial charge on any atom is -0.368 e. The number of pyridine rings is 1. The normalized spacial score (nSPS) is 15.4. The number of halogens is 1. The van der Waals surface area contributed by atoms with Crippen LogP contribution in [0.15, 0.2) is 30.5 Å². The van der Waals surface area contributed by atoms with E-state index in [1.165, 1.54) is 5.69 Å². The molecule has 0 saturated carbocycles. The van der Waals surface area contributed by atoms with Crippen LogP contribution in [0.4, 0.5) is 5.69 Å². The molecule has 0 aliphatic carbocycles. The number of fused-ring (bicyclic) bond motifs is 1. The molecule has 3 rings (SSSR count). The molecular formula is C20H27ClN4O. The van der Waals surface area contributed by atoms with E-state index in [0.29, 0.717) is 11.4 Å². The summed E-state index contributed by atoms with van der Waals surface area (Å²) < 4.78 is 0. The number of unbranched alkanes of at least 4 members (excludes halogenated alkanes) is 1. The molecule has 6 heteroatoms. The van der Waals surface area contributed by atoms with Crippen molar-refractivity contribution in [1.82, 2.24) is 15.2 Å². The quantitative estimate of drug-likeness (QED) is 0.807. The van der Waals surface area contributed by atoms with E-state index in [0.717, 1.165) is 63.0 Å². The molecule has 0 radical (unpaired) electrons. The van der Waals surface area contributed by atoms with Crippen molar-refractivity contribution in [3.8, 4) is 0 Å². The van der Waals surface area contributed by atoms with Gasteiger partial charge < -0.3 is 10.2 Å². The van der Waals surface area contributed by atoms with Crippen molar-refractivity contribution in [3.63, 3.8) is 0 Å². The average Bonchev–Trinajstić information content (AvgIpc) is 2.66. The lowest BCUT2D eigenvalue weighted by molar-refractivity contribution is -0.121. The summed E-state index contributed by atoms with van der Waals surface area (Å²) in [5, 5.41) is 4.88. The number of aromatic nitrogens is 1. The lowest BCUT2D eigenvalue weighted by Crippen LogP contribution is -2.48. The molecular weight excluding hydrogens is 348 g/mol. The summed E-state index contributed by atoms with van der Waals surface area (Å²) in [6.45, 7) is 7.71. The summed E-state index contributed by atoms with van der Waals surface area (Å²) in [4.78, 5) is 20.9. The van der Waals surface area contributed by atoms with Crippen LogP contribution in [-0.4, -0.2) is 55.1 Å². The fourth-order valence-electron chi connectivity index (χ4n) is 3.37. The van der Waals surface area contributed by atoms with Gasteiger partial charge in [-0.2, -0.15) is 0 Å². The van der Waals surface area contributed by atoms with Gasteiger partial charge in [0.1, 0.15) is 0 Å². The van der Waals surface area contributed by atoms with Crippen molar-refractivity contribution >= 4 is 34.1 Å². The highest BCUT2D eigenvalue weighted by atomic mass is 35.5. The Hall–Kier alpha value is -1.85. The third kappa shape index (κ3) is 4.86. The molecule has 1 aliphatic heterocycles. The number of amides is 1. The van der Waals surface area contributed by atoms with Crippen LogP contribution in [0.25, 0.3) is 10.9 Å². The number of carbonyl (C=O) groups excluding carboxylic acids is 1. The molecule has 5 nitrogen and oxygen atoms in total. The van der Waals surface area contributed by atoms with Gasteiger partial charge in [-0.3, -0.25) is 14.7 Å². The number of carbonyl (C=O) groups is 1. The Labute approximate surface area is 160 Å². The highest BCUT2D eigenvalue weighted by Crippen LogP contribution is 2.28. The highest BCUT2D eigenvalue weighted by molar-refractivity contribution is 6.31. The molecule has 1 N–H and O–H groups in total. The van der Waals surface area contributed by atoms with Gasteiger partial charge in [-0.15, -0.1) is 0 Å². The Balaban J connectivity index is 1.50. The fourth-order valence-corrected chi connectivity index (χ4v) is 3.54. The minimum absolute atomic E-state index is 0.174. The number of piperazine rings is 1. The molecule has 2 heterocycles. The summed E-state index contributed by atoms with van der Waals surface area (Å²) in [6.07, 6.45) is 4.52. The van der Waals surface area contributed by atoms with E-state index in [9.17, 15) is 4.79 Å². The maximum Gasteiger partial charge on any atom is 0.220 e. The molecule has 0 spiro atoms. The summed E-state index contributed by atoms with van der Waals surface area (Å²) >= 11 is 6.08. The van der Waals surface area contributed by atoms with Gasteiger partial charge in [-0.25, -0.2) is 0 Å². The minimum atomic E-state index is 0.174. The number of anilines is 1. The van der Waals surface area contributed by atoms with Gasteiger partial charge in [0.2, 0.25) is 5.91 Å². The molecule has 140 valence electrons. The van der Waals surface area contributed by atoms with Crippen LogP contribution in [0, 0.1) is 0 Å². The van der Waals surface area contributed by atoms with Crippen molar-refractivity contribution in [2.75, 3.05) is 44.2 Å². The van der Waals surface area contributed by atoms with Gasteiger partial charge >= 0.3 is 0 Å². The third-order valence-electron chi connectivity index (χ3n) is 4.90. The molecule has 0 atom stereocenters. The maximum atomic E-state index is 11.7. The Kier molecular flexibility index (Phi) is 6.69. The van der Waals surface area contributed by atoms with E-state index in [1.807, 2.05) is 18.3 Å². The highest BCUT2D eigenvalue weighted by Gasteiger charge is 2.18. The number of nitrogens with one attached hydrogen (secondary N) is 1. The van der Waals surface area contributed by atoms with Gasteiger partial charge in [-0.1, -0.05) is 24.9 Å². The first kappa shape index (κ1) is 18.9. The second-order valence-corrected chi connectivity index (χ2v) is 7.21. The predicted octanol–water partition coefficient (Wildman–Crippen LogP) is 3.32. The zero-order valence-corrected chi connectivity index (χ0v) is 16.1. The first-order valence-corrected chi connectivity index (χ1v) is 9.83. The molecule has 1 aromatic carbocycles. The smallest absolute Gasteiger partial charge is 0.220 e. The zero-order valence-electron chi connectivity index (χ0n) is 15.4. The van der Waals surface area contributed by atoms with Gasteiger partial charge in [0.15, 0.2) is 0 Å². The molecule has 1 amide bonds. The van der Waals surface area contributed by atoms with Gasteiger partial charge in [0.05, 0.1) is 5.52 Å². The van der Waals surface area contributed by atoms with Crippen LogP contribution in [0.1, 0.15) is 26.2 Å². The van der Waals surface area contributed by atoms with Crippen LogP contribution in [-0.2, 0) is 4.79 Å².